The predicted octanol–water partition coefficient (Wildman–Crippen LogP) is 3.45. The highest BCUT2D eigenvalue weighted by Gasteiger charge is 2.42. The number of nitro benzene ring substituents is 1. The molecule has 0 N–H and O–H groups in total. The average Bonchev–Trinajstić information content (AvgIpc) is 2.79. The fourth-order valence-electron chi connectivity index (χ4n) is 4.12. The van der Waals surface area contributed by atoms with Gasteiger partial charge in [-0.05, 0) is 38.5 Å². The van der Waals surface area contributed by atoms with E-state index in [4.69, 9.17) is 9.47 Å². The van der Waals surface area contributed by atoms with E-state index >= 15 is 0 Å². The minimum atomic E-state index is -1.38. The molecule has 4 rings (SSSR count). The van der Waals surface area contributed by atoms with Crippen molar-refractivity contribution in [3.05, 3.63) is 117 Å². The zero-order chi connectivity index (χ0) is 24.5. The van der Waals surface area contributed by atoms with E-state index in [2.05, 4.69) is 0 Å². The third-order valence-electron chi connectivity index (χ3n) is 5.69. The highest BCUT2D eigenvalue weighted by molar-refractivity contribution is 5.91. The molecule has 8 heteroatoms. The Hall–Kier alpha value is -4.20. The molecule has 3 aromatic rings. The summed E-state index contributed by atoms with van der Waals surface area (Å²) in [7, 11) is 0. The number of benzene rings is 2. The third-order valence-corrected chi connectivity index (χ3v) is 5.69. The summed E-state index contributed by atoms with van der Waals surface area (Å²) in [5, 5.41) is 24.4. The zero-order valence-electron chi connectivity index (χ0n) is 19.0. The van der Waals surface area contributed by atoms with Crippen LogP contribution in [0.5, 0.6) is 0 Å². The number of carbonyl (C=O) groups is 1. The lowest BCUT2D eigenvalue weighted by atomic mass is 9.80. The van der Waals surface area contributed by atoms with Crippen molar-refractivity contribution in [2.45, 2.75) is 38.5 Å². The van der Waals surface area contributed by atoms with Crippen LogP contribution in [0.25, 0.3) is 0 Å². The van der Waals surface area contributed by atoms with Crippen LogP contribution in [0.1, 0.15) is 42.5 Å². The van der Waals surface area contributed by atoms with Gasteiger partial charge < -0.3 is 14.6 Å². The van der Waals surface area contributed by atoms with Crippen molar-refractivity contribution in [2.75, 3.05) is 0 Å². The first-order valence-electron chi connectivity index (χ1n) is 10.8. The van der Waals surface area contributed by atoms with Gasteiger partial charge in [-0.3, -0.25) is 10.1 Å². The molecule has 2 aromatic carbocycles. The van der Waals surface area contributed by atoms with Crippen molar-refractivity contribution in [3.63, 3.8) is 0 Å². The maximum absolute atomic E-state index is 13.2. The Morgan fingerprint density at radius 3 is 2.06 bits per heavy atom. The summed E-state index contributed by atoms with van der Waals surface area (Å²) in [6.07, 6.45) is 3.63. The number of aromatic nitrogens is 1. The number of non-ortho nitro benzene ring substituents is 1. The SMILES string of the molecule is Cc1ccc(C(C2=C([O-])OC(C)(C)OC2=O)C(c2ccc([N+](=O)[O-])cc2)[n+]2ccccc2)cc1. The number of nitro groups is 1. The topological polar surface area (TPSA) is 106 Å². The molecule has 0 aliphatic carbocycles. The van der Waals surface area contributed by atoms with Crippen LogP contribution in [0.3, 0.4) is 0 Å². The molecule has 0 bridgehead atoms. The summed E-state index contributed by atoms with van der Waals surface area (Å²) in [6, 6.07) is 18.5. The molecule has 0 fully saturated rings. The molecule has 2 unspecified atom stereocenters. The van der Waals surface area contributed by atoms with E-state index in [0.717, 1.165) is 5.56 Å². The van der Waals surface area contributed by atoms with E-state index in [1.54, 1.807) is 12.1 Å². The maximum Gasteiger partial charge on any atom is 0.338 e. The van der Waals surface area contributed by atoms with Gasteiger partial charge in [0.25, 0.3) is 5.69 Å². The van der Waals surface area contributed by atoms with Gasteiger partial charge in [-0.15, -0.1) is 0 Å². The molecular formula is C26H24N2O6. The molecule has 2 heterocycles. The normalized spacial score (nSPS) is 16.9. The molecule has 0 saturated carbocycles. The molecule has 0 saturated heterocycles. The summed E-state index contributed by atoms with van der Waals surface area (Å²) in [4.78, 5) is 23.9. The lowest BCUT2D eigenvalue weighted by Crippen LogP contribution is -2.47. The lowest BCUT2D eigenvalue weighted by molar-refractivity contribution is -0.716. The minimum absolute atomic E-state index is 0.0571. The summed E-state index contributed by atoms with van der Waals surface area (Å²) in [5.74, 6) is -3.67. The van der Waals surface area contributed by atoms with Gasteiger partial charge in [-0.1, -0.05) is 35.9 Å². The van der Waals surface area contributed by atoms with E-state index in [9.17, 15) is 20.0 Å². The Morgan fingerprint density at radius 2 is 1.50 bits per heavy atom. The van der Waals surface area contributed by atoms with Crippen LogP contribution in [0, 0.1) is 17.0 Å². The summed E-state index contributed by atoms with van der Waals surface area (Å²) < 4.78 is 12.7. The van der Waals surface area contributed by atoms with Crippen LogP contribution >= 0.6 is 0 Å². The van der Waals surface area contributed by atoms with Gasteiger partial charge in [-0.25, -0.2) is 4.79 Å². The number of esters is 1. The number of hydrogen-bond acceptors (Lipinski definition) is 6. The van der Waals surface area contributed by atoms with E-state index in [-0.39, 0.29) is 11.3 Å². The molecule has 174 valence electrons. The maximum atomic E-state index is 13.2. The summed E-state index contributed by atoms with van der Waals surface area (Å²) in [6.45, 7) is 4.94. The number of carbonyl (C=O) groups excluding carboxylic acids is 1. The fraction of sp³-hybridized carbons (Fsp3) is 0.231. The zero-order valence-corrected chi connectivity index (χ0v) is 19.0. The summed E-state index contributed by atoms with van der Waals surface area (Å²) in [5.41, 5.74) is 2.20. The van der Waals surface area contributed by atoms with Gasteiger partial charge >= 0.3 is 5.97 Å². The standard InChI is InChI=1S/C26H24N2O6/c1-17-7-9-18(10-8-17)21(22-24(29)33-26(2,3)34-25(22)30)23(27-15-5-4-6-16-27)19-11-13-20(14-12-19)28(31)32/h4-16,21,23H,1-3H3. The Kier molecular flexibility index (Phi) is 6.06. The lowest BCUT2D eigenvalue weighted by Gasteiger charge is -2.41. The van der Waals surface area contributed by atoms with Gasteiger partial charge in [0.1, 0.15) is 0 Å². The molecule has 0 spiro atoms. The number of rotatable bonds is 6. The quantitative estimate of drug-likeness (QED) is 0.241. The number of nitrogens with zero attached hydrogens (tertiary/aromatic N) is 2. The van der Waals surface area contributed by atoms with Gasteiger partial charge in [0, 0.05) is 29.8 Å². The largest absolute Gasteiger partial charge is 0.575 e. The van der Waals surface area contributed by atoms with Gasteiger partial charge in [-0.2, -0.15) is 4.57 Å². The van der Waals surface area contributed by atoms with Crippen LogP contribution in [-0.4, -0.2) is 16.7 Å². The first kappa shape index (κ1) is 23.0. The molecule has 0 amide bonds. The van der Waals surface area contributed by atoms with E-state index in [1.165, 1.54) is 26.0 Å². The van der Waals surface area contributed by atoms with Crippen LogP contribution in [0.2, 0.25) is 0 Å². The fourth-order valence-corrected chi connectivity index (χ4v) is 4.12. The Labute approximate surface area is 196 Å². The van der Waals surface area contributed by atoms with Crippen molar-refractivity contribution < 1.29 is 28.9 Å². The number of cyclic esters (lactones) is 1. The van der Waals surface area contributed by atoms with E-state index < -0.39 is 34.6 Å². The van der Waals surface area contributed by atoms with Crippen LogP contribution in [0.4, 0.5) is 5.69 Å². The monoisotopic (exact) mass is 460 g/mol. The molecule has 1 aliphatic heterocycles. The highest BCUT2D eigenvalue weighted by Crippen LogP contribution is 2.41. The van der Waals surface area contributed by atoms with Crippen molar-refractivity contribution in [2.24, 2.45) is 0 Å². The molecular weight excluding hydrogens is 436 g/mol. The van der Waals surface area contributed by atoms with Crippen LogP contribution < -0.4 is 9.67 Å². The van der Waals surface area contributed by atoms with Crippen molar-refractivity contribution >= 4 is 11.7 Å². The van der Waals surface area contributed by atoms with E-state index in [0.29, 0.717) is 11.1 Å². The van der Waals surface area contributed by atoms with E-state index in [1.807, 2.05) is 66.3 Å². The molecule has 1 aliphatic rings. The Morgan fingerprint density at radius 1 is 0.912 bits per heavy atom. The van der Waals surface area contributed by atoms with Crippen molar-refractivity contribution in [1.29, 1.82) is 0 Å². The predicted molar refractivity (Wildman–Crippen MR) is 120 cm³/mol. The second-order valence-electron chi connectivity index (χ2n) is 8.60. The van der Waals surface area contributed by atoms with Gasteiger partial charge in [0.2, 0.25) is 0 Å². The Balaban J connectivity index is 1.96. The second-order valence-corrected chi connectivity index (χ2v) is 8.60. The Bertz CT molecular complexity index is 1230. The third kappa shape index (κ3) is 4.61. The van der Waals surface area contributed by atoms with Crippen molar-refractivity contribution in [3.8, 4) is 0 Å². The molecule has 8 nitrogen and oxygen atoms in total. The average molecular weight is 460 g/mol. The molecule has 1 aromatic heterocycles. The minimum Gasteiger partial charge on any atom is -0.575 e. The summed E-state index contributed by atoms with van der Waals surface area (Å²) >= 11 is 0. The first-order chi connectivity index (χ1) is 16.2. The van der Waals surface area contributed by atoms with Crippen LogP contribution in [-0.2, 0) is 14.3 Å². The number of aryl methyl sites for hydroxylation is 1. The van der Waals surface area contributed by atoms with Crippen LogP contribution in [0.15, 0.2) is 90.6 Å². The number of ether oxygens (including phenoxy) is 2. The van der Waals surface area contributed by atoms with Crippen molar-refractivity contribution in [1.82, 2.24) is 0 Å². The smallest absolute Gasteiger partial charge is 0.338 e. The first-order valence-corrected chi connectivity index (χ1v) is 10.8. The number of pyridine rings is 1. The molecule has 2 atom stereocenters. The molecule has 34 heavy (non-hydrogen) atoms. The molecule has 0 radical (unpaired) electrons. The van der Waals surface area contributed by atoms with Gasteiger partial charge in [0.15, 0.2) is 24.2 Å². The van der Waals surface area contributed by atoms with Gasteiger partial charge in [0.05, 0.1) is 22.4 Å². The highest BCUT2D eigenvalue weighted by atomic mass is 16.8. The second kappa shape index (κ2) is 8.97. The number of hydrogen-bond donors (Lipinski definition) is 0.